The molecule has 0 radical (unpaired) electrons. The van der Waals surface area contributed by atoms with Gasteiger partial charge in [0.15, 0.2) is 5.96 Å². The fraction of sp³-hybridized carbons (Fsp3) is 0.462. The second kappa shape index (κ2) is 9.06. The zero-order valence-corrected chi connectivity index (χ0v) is 13.4. The number of halogens is 3. The van der Waals surface area contributed by atoms with Crippen LogP contribution in [0.3, 0.4) is 0 Å². The summed E-state index contributed by atoms with van der Waals surface area (Å²) in [4.78, 5) is 4.12. The molecule has 0 saturated heterocycles. The smallest absolute Gasteiger partial charge is 0.188 e. The second-order valence-corrected chi connectivity index (χ2v) is 4.45. The average Bonchev–Trinajstić information content (AvgIpc) is 2.22. The van der Waals surface area contributed by atoms with Gasteiger partial charge in [-0.1, -0.05) is 0 Å². The normalized spacial score (nSPS) is 11.3. The summed E-state index contributed by atoms with van der Waals surface area (Å²) < 4.78 is 25.8. The van der Waals surface area contributed by atoms with Crippen molar-refractivity contribution >= 4 is 29.9 Å². The number of aliphatic imine (C=N–C) groups is 1. The highest BCUT2D eigenvalue weighted by atomic mass is 127. The molecule has 1 aromatic carbocycles. The molecule has 0 unspecified atom stereocenters. The number of hydrogen-bond donors (Lipinski definition) is 2. The summed E-state index contributed by atoms with van der Waals surface area (Å²) >= 11 is 0. The van der Waals surface area contributed by atoms with Crippen LogP contribution < -0.4 is 11.1 Å². The minimum Gasteiger partial charge on any atom is -0.370 e. The van der Waals surface area contributed by atoms with Crippen LogP contribution in [-0.2, 0) is 6.42 Å². The third kappa shape index (κ3) is 7.97. The van der Waals surface area contributed by atoms with Gasteiger partial charge in [-0.05, 0) is 44.4 Å². The topological polar surface area (TPSA) is 50.4 Å². The van der Waals surface area contributed by atoms with Crippen LogP contribution in [0.2, 0.25) is 0 Å². The standard InChI is InChI=1S/C13H19F2N3.HI/c1-9(2)18-13(16)17-5-3-4-10-6-11(14)8-12(15)7-10;/h6-9H,3-5H2,1-2H3,(H3,16,17,18);1H. The molecule has 108 valence electrons. The van der Waals surface area contributed by atoms with Crippen LogP contribution in [0, 0.1) is 11.6 Å². The monoisotopic (exact) mass is 383 g/mol. The minimum absolute atomic E-state index is 0. The largest absolute Gasteiger partial charge is 0.370 e. The summed E-state index contributed by atoms with van der Waals surface area (Å²) in [6.45, 7) is 4.47. The van der Waals surface area contributed by atoms with Gasteiger partial charge >= 0.3 is 0 Å². The molecule has 0 aliphatic carbocycles. The van der Waals surface area contributed by atoms with E-state index < -0.39 is 11.6 Å². The van der Waals surface area contributed by atoms with Crippen molar-refractivity contribution in [2.45, 2.75) is 32.7 Å². The molecule has 0 aromatic heterocycles. The van der Waals surface area contributed by atoms with Gasteiger partial charge in [0.1, 0.15) is 11.6 Å². The van der Waals surface area contributed by atoms with Crippen molar-refractivity contribution in [2.75, 3.05) is 6.54 Å². The van der Waals surface area contributed by atoms with E-state index in [-0.39, 0.29) is 30.0 Å². The number of rotatable bonds is 5. The molecule has 19 heavy (non-hydrogen) atoms. The minimum atomic E-state index is -0.547. The van der Waals surface area contributed by atoms with E-state index >= 15 is 0 Å². The lowest BCUT2D eigenvalue weighted by molar-refractivity contribution is 0.578. The van der Waals surface area contributed by atoms with Crippen molar-refractivity contribution in [3.05, 3.63) is 35.4 Å². The lowest BCUT2D eigenvalue weighted by Gasteiger charge is -2.08. The Kier molecular flexibility index (Phi) is 8.62. The van der Waals surface area contributed by atoms with Gasteiger partial charge < -0.3 is 11.1 Å². The Hall–Kier alpha value is -0.920. The summed E-state index contributed by atoms with van der Waals surface area (Å²) in [6, 6.07) is 3.78. The van der Waals surface area contributed by atoms with Crippen molar-refractivity contribution in [3.8, 4) is 0 Å². The molecule has 3 N–H and O–H groups in total. The van der Waals surface area contributed by atoms with E-state index in [0.29, 0.717) is 30.9 Å². The Morgan fingerprint density at radius 1 is 1.26 bits per heavy atom. The third-order valence-electron chi connectivity index (χ3n) is 2.26. The quantitative estimate of drug-likeness (QED) is 0.356. The number of guanidine groups is 1. The molecule has 1 aromatic rings. The van der Waals surface area contributed by atoms with Gasteiger partial charge in [-0.3, -0.25) is 4.99 Å². The maximum Gasteiger partial charge on any atom is 0.188 e. The van der Waals surface area contributed by atoms with E-state index in [9.17, 15) is 8.78 Å². The molecule has 6 heteroatoms. The van der Waals surface area contributed by atoms with Crippen LogP contribution in [0.1, 0.15) is 25.8 Å². The first kappa shape index (κ1) is 18.1. The molecular weight excluding hydrogens is 363 g/mol. The molecule has 3 nitrogen and oxygen atoms in total. The van der Waals surface area contributed by atoms with E-state index in [1.807, 2.05) is 13.8 Å². The highest BCUT2D eigenvalue weighted by Gasteiger charge is 2.00. The first-order valence-corrected chi connectivity index (χ1v) is 5.99. The van der Waals surface area contributed by atoms with E-state index in [1.54, 1.807) is 0 Å². The lowest BCUT2D eigenvalue weighted by Crippen LogP contribution is -2.36. The Bertz CT molecular complexity index is 402. The van der Waals surface area contributed by atoms with Crippen molar-refractivity contribution in [2.24, 2.45) is 10.7 Å². The maximum atomic E-state index is 12.9. The molecule has 0 heterocycles. The average molecular weight is 383 g/mol. The van der Waals surface area contributed by atoms with Crippen LogP contribution >= 0.6 is 24.0 Å². The van der Waals surface area contributed by atoms with Crippen molar-refractivity contribution in [1.82, 2.24) is 5.32 Å². The fourth-order valence-electron chi connectivity index (χ4n) is 1.58. The molecule has 0 aliphatic rings. The summed E-state index contributed by atoms with van der Waals surface area (Å²) in [5, 5.41) is 2.97. The van der Waals surface area contributed by atoms with Gasteiger partial charge in [-0.2, -0.15) is 0 Å². The van der Waals surface area contributed by atoms with Crippen molar-refractivity contribution < 1.29 is 8.78 Å². The molecule has 0 atom stereocenters. The van der Waals surface area contributed by atoms with E-state index in [2.05, 4.69) is 10.3 Å². The van der Waals surface area contributed by atoms with Gasteiger partial charge in [0.25, 0.3) is 0 Å². The summed E-state index contributed by atoms with van der Waals surface area (Å²) in [5.41, 5.74) is 6.26. The summed E-state index contributed by atoms with van der Waals surface area (Å²) in [5.74, 6) is -0.695. The third-order valence-corrected chi connectivity index (χ3v) is 2.26. The lowest BCUT2D eigenvalue weighted by atomic mass is 10.1. The Balaban J connectivity index is 0.00000324. The Morgan fingerprint density at radius 3 is 2.37 bits per heavy atom. The van der Waals surface area contributed by atoms with Gasteiger partial charge in [-0.25, -0.2) is 8.78 Å². The van der Waals surface area contributed by atoms with E-state index in [4.69, 9.17) is 5.73 Å². The molecule has 0 fully saturated rings. The number of benzene rings is 1. The molecular formula is C13H20F2IN3. The van der Waals surface area contributed by atoms with E-state index in [1.165, 1.54) is 12.1 Å². The van der Waals surface area contributed by atoms with Gasteiger partial charge in [0.05, 0.1) is 0 Å². The molecule has 0 bridgehead atoms. The maximum absolute atomic E-state index is 12.9. The predicted octanol–water partition coefficient (Wildman–Crippen LogP) is 2.83. The first-order chi connectivity index (χ1) is 8.47. The Labute approximate surface area is 129 Å². The summed E-state index contributed by atoms with van der Waals surface area (Å²) in [7, 11) is 0. The van der Waals surface area contributed by atoms with Crippen molar-refractivity contribution in [3.63, 3.8) is 0 Å². The zero-order valence-electron chi connectivity index (χ0n) is 11.1. The number of nitrogens with one attached hydrogen (secondary N) is 1. The molecule has 0 aliphatic heterocycles. The van der Waals surface area contributed by atoms with Crippen LogP contribution in [0.4, 0.5) is 8.78 Å². The van der Waals surface area contributed by atoms with Crippen LogP contribution in [0.25, 0.3) is 0 Å². The van der Waals surface area contributed by atoms with E-state index in [0.717, 1.165) is 6.07 Å². The number of nitrogens with zero attached hydrogens (tertiary/aromatic N) is 1. The van der Waals surface area contributed by atoms with Crippen LogP contribution in [0.5, 0.6) is 0 Å². The highest BCUT2D eigenvalue weighted by Crippen LogP contribution is 2.09. The second-order valence-electron chi connectivity index (χ2n) is 4.45. The highest BCUT2D eigenvalue weighted by molar-refractivity contribution is 14.0. The molecule has 1 rings (SSSR count). The van der Waals surface area contributed by atoms with Crippen molar-refractivity contribution in [1.29, 1.82) is 0 Å². The van der Waals surface area contributed by atoms with Gasteiger partial charge in [-0.15, -0.1) is 24.0 Å². The zero-order chi connectivity index (χ0) is 13.5. The Morgan fingerprint density at radius 2 is 1.84 bits per heavy atom. The first-order valence-electron chi connectivity index (χ1n) is 5.99. The fourth-order valence-corrected chi connectivity index (χ4v) is 1.58. The van der Waals surface area contributed by atoms with Crippen LogP contribution in [-0.4, -0.2) is 18.5 Å². The molecule has 0 spiro atoms. The molecule has 0 amide bonds. The number of hydrogen-bond acceptors (Lipinski definition) is 1. The van der Waals surface area contributed by atoms with Crippen LogP contribution in [0.15, 0.2) is 23.2 Å². The SMILES string of the molecule is CC(C)NC(N)=NCCCc1cc(F)cc(F)c1.I. The molecule has 0 saturated carbocycles. The predicted molar refractivity (Wildman–Crippen MR) is 84.9 cm³/mol. The van der Waals surface area contributed by atoms with Gasteiger partial charge in [0, 0.05) is 18.7 Å². The summed E-state index contributed by atoms with van der Waals surface area (Å²) in [6.07, 6.45) is 1.27. The number of aryl methyl sites for hydroxylation is 1. The number of nitrogens with two attached hydrogens (primary N) is 1. The van der Waals surface area contributed by atoms with Gasteiger partial charge in [0.2, 0.25) is 0 Å².